The highest BCUT2D eigenvalue weighted by atomic mass is 16.3. The van der Waals surface area contributed by atoms with Crippen LogP contribution in [0.15, 0.2) is 121 Å². The largest absolute Gasteiger partial charge is 0.376 e. The van der Waals surface area contributed by atoms with E-state index in [9.17, 15) is 5.11 Å². The molecule has 0 radical (unpaired) electrons. The highest BCUT2D eigenvalue weighted by molar-refractivity contribution is 5.84. The summed E-state index contributed by atoms with van der Waals surface area (Å²) in [4.78, 5) is 5.00. The van der Waals surface area contributed by atoms with Gasteiger partial charge in [-0.25, -0.2) is 4.98 Å². The maximum Gasteiger partial charge on any atom is 0.142 e. The lowest BCUT2D eigenvalue weighted by atomic mass is 9.78. The van der Waals surface area contributed by atoms with Gasteiger partial charge in [0, 0.05) is 16.5 Å². The van der Waals surface area contributed by atoms with Crippen LogP contribution in [0, 0.1) is 0 Å². The monoisotopic (exact) mass is 387 g/mol. The van der Waals surface area contributed by atoms with Gasteiger partial charge in [-0.1, -0.05) is 109 Å². The molecule has 0 saturated carbocycles. The molecule has 1 aromatic heterocycles. The van der Waals surface area contributed by atoms with Crippen LogP contribution in [-0.2, 0) is 5.60 Å². The Morgan fingerprint density at radius 1 is 0.567 bits per heavy atom. The van der Waals surface area contributed by atoms with Gasteiger partial charge in [0.1, 0.15) is 5.60 Å². The number of para-hydroxylation sites is 1. The predicted molar refractivity (Wildman–Crippen MR) is 122 cm³/mol. The smallest absolute Gasteiger partial charge is 0.142 e. The van der Waals surface area contributed by atoms with Crippen LogP contribution in [0.25, 0.3) is 22.2 Å². The van der Waals surface area contributed by atoms with Gasteiger partial charge in [-0.15, -0.1) is 0 Å². The van der Waals surface area contributed by atoms with Crippen LogP contribution in [0.2, 0.25) is 0 Å². The molecule has 1 N–H and O–H groups in total. The standard InChI is InChI=1S/C28H21NO/c30-28(23-15-6-2-7-16-23,24-17-8-3-9-18-24)25-20-22-14-10-11-19-26(22)29-27(25)21-12-4-1-5-13-21/h1-20,30H. The first-order valence-electron chi connectivity index (χ1n) is 10.1. The molecule has 144 valence electrons. The first-order valence-corrected chi connectivity index (χ1v) is 10.1. The van der Waals surface area contributed by atoms with Crippen molar-refractivity contribution >= 4 is 10.9 Å². The summed E-state index contributed by atoms with van der Waals surface area (Å²) >= 11 is 0. The number of aliphatic hydroxyl groups is 1. The lowest BCUT2D eigenvalue weighted by molar-refractivity contribution is 0.126. The zero-order valence-corrected chi connectivity index (χ0v) is 16.4. The van der Waals surface area contributed by atoms with E-state index in [0.717, 1.165) is 38.9 Å². The van der Waals surface area contributed by atoms with Gasteiger partial charge in [-0.2, -0.15) is 0 Å². The van der Waals surface area contributed by atoms with Gasteiger partial charge in [0.25, 0.3) is 0 Å². The second-order valence-corrected chi connectivity index (χ2v) is 7.39. The number of hydrogen-bond acceptors (Lipinski definition) is 2. The third-order valence-corrected chi connectivity index (χ3v) is 5.54. The minimum atomic E-state index is -1.34. The molecule has 1 heterocycles. The molecule has 5 aromatic rings. The van der Waals surface area contributed by atoms with E-state index in [2.05, 4.69) is 6.07 Å². The Kier molecular flexibility index (Phi) is 4.62. The second kappa shape index (κ2) is 7.58. The summed E-state index contributed by atoms with van der Waals surface area (Å²) in [5, 5.41) is 13.4. The molecular formula is C28H21NO. The second-order valence-electron chi connectivity index (χ2n) is 7.39. The average Bonchev–Trinajstić information content (AvgIpc) is 2.84. The molecular weight excluding hydrogens is 366 g/mol. The molecule has 0 unspecified atom stereocenters. The highest BCUT2D eigenvalue weighted by Crippen LogP contribution is 2.41. The van der Waals surface area contributed by atoms with E-state index >= 15 is 0 Å². The maximum atomic E-state index is 12.4. The van der Waals surface area contributed by atoms with E-state index in [1.165, 1.54) is 0 Å². The summed E-state index contributed by atoms with van der Waals surface area (Å²) in [7, 11) is 0. The fourth-order valence-corrected chi connectivity index (χ4v) is 4.04. The molecule has 0 aliphatic carbocycles. The molecule has 0 saturated heterocycles. The van der Waals surface area contributed by atoms with Gasteiger partial charge in [0.2, 0.25) is 0 Å². The number of pyridine rings is 1. The number of rotatable bonds is 4. The summed E-state index contributed by atoms with van der Waals surface area (Å²) in [6.07, 6.45) is 0. The Morgan fingerprint density at radius 2 is 1.07 bits per heavy atom. The van der Waals surface area contributed by atoms with E-state index in [0.29, 0.717) is 0 Å². The van der Waals surface area contributed by atoms with Crippen molar-refractivity contribution in [3.63, 3.8) is 0 Å². The molecule has 0 bridgehead atoms. The SMILES string of the molecule is OC(c1ccccc1)(c1ccccc1)c1cc2ccccc2nc1-c1ccccc1. The van der Waals surface area contributed by atoms with Crippen LogP contribution in [0.4, 0.5) is 0 Å². The van der Waals surface area contributed by atoms with Crippen LogP contribution in [0.5, 0.6) is 0 Å². The lowest BCUT2D eigenvalue weighted by Gasteiger charge is -2.32. The molecule has 4 aromatic carbocycles. The topological polar surface area (TPSA) is 33.1 Å². The summed E-state index contributed by atoms with van der Waals surface area (Å²) < 4.78 is 0. The van der Waals surface area contributed by atoms with Crippen molar-refractivity contribution < 1.29 is 5.11 Å². The van der Waals surface area contributed by atoms with E-state index in [-0.39, 0.29) is 0 Å². The Morgan fingerprint density at radius 3 is 1.67 bits per heavy atom. The molecule has 0 aliphatic rings. The van der Waals surface area contributed by atoms with Crippen LogP contribution in [0.1, 0.15) is 16.7 Å². The van der Waals surface area contributed by atoms with Gasteiger partial charge in [-0.3, -0.25) is 0 Å². The van der Waals surface area contributed by atoms with Crippen molar-refractivity contribution in [2.24, 2.45) is 0 Å². The van der Waals surface area contributed by atoms with E-state index in [4.69, 9.17) is 4.98 Å². The minimum absolute atomic E-state index is 0.768. The van der Waals surface area contributed by atoms with E-state index in [1.807, 2.05) is 115 Å². The summed E-state index contributed by atoms with van der Waals surface area (Å²) in [5.41, 5.74) is 3.71. The first kappa shape index (κ1) is 18.3. The molecule has 2 heteroatoms. The summed E-state index contributed by atoms with van der Waals surface area (Å²) in [6, 6.07) is 39.8. The molecule has 0 fully saturated rings. The number of fused-ring (bicyclic) bond motifs is 1. The average molecular weight is 387 g/mol. The summed E-state index contributed by atoms with van der Waals surface area (Å²) in [6.45, 7) is 0. The number of hydrogen-bond donors (Lipinski definition) is 1. The molecule has 0 amide bonds. The Labute approximate surface area is 176 Å². The van der Waals surface area contributed by atoms with E-state index < -0.39 is 5.60 Å². The molecule has 30 heavy (non-hydrogen) atoms. The van der Waals surface area contributed by atoms with E-state index in [1.54, 1.807) is 0 Å². The van der Waals surface area contributed by atoms with Crippen molar-refractivity contribution in [3.05, 3.63) is 138 Å². The fraction of sp³-hybridized carbons (Fsp3) is 0.0357. The third-order valence-electron chi connectivity index (χ3n) is 5.54. The van der Waals surface area contributed by atoms with Crippen molar-refractivity contribution in [2.75, 3.05) is 0 Å². The van der Waals surface area contributed by atoms with Crippen molar-refractivity contribution in [3.8, 4) is 11.3 Å². The zero-order valence-electron chi connectivity index (χ0n) is 16.4. The Bertz CT molecular complexity index is 1240. The molecule has 2 nitrogen and oxygen atoms in total. The van der Waals surface area contributed by atoms with Crippen LogP contribution in [0.3, 0.4) is 0 Å². The first-order chi connectivity index (χ1) is 14.8. The minimum Gasteiger partial charge on any atom is -0.376 e. The molecule has 0 spiro atoms. The number of aromatic nitrogens is 1. The molecule has 5 rings (SSSR count). The highest BCUT2D eigenvalue weighted by Gasteiger charge is 2.36. The van der Waals surface area contributed by atoms with Crippen molar-refractivity contribution in [1.82, 2.24) is 4.98 Å². The van der Waals surface area contributed by atoms with Gasteiger partial charge < -0.3 is 5.11 Å². The number of nitrogens with zero attached hydrogens (tertiary/aromatic N) is 1. The predicted octanol–water partition coefficient (Wildman–Crippen LogP) is 6.19. The zero-order chi connectivity index (χ0) is 20.4. The van der Waals surface area contributed by atoms with Gasteiger partial charge >= 0.3 is 0 Å². The van der Waals surface area contributed by atoms with Gasteiger partial charge in [-0.05, 0) is 23.3 Å². The van der Waals surface area contributed by atoms with Gasteiger partial charge in [0.05, 0.1) is 11.2 Å². The van der Waals surface area contributed by atoms with Crippen LogP contribution >= 0.6 is 0 Å². The fourth-order valence-electron chi connectivity index (χ4n) is 4.04. The van der Waals surface area contributed by atoms with Crippen molar-refractivity contribution in [1.29, 1.82) is 0 Å². The van der Waals surface area contributed by atoms with Crippen LogP contribution in [-0.4, -0.2) is 10.1 Å². The maximum absolute atomic E-state index is 12.4. The molecule has 0 atom stereocenters. The Hall–Kier alpha value is -3.75. The van der Waals surface area contributed by atoms with Gasteiger partial charge in [0.15, 0.2) is 0 Å². The normalized spacial score (nSPS) is 11.5. The number of benzene rings is 4. The third kappa shape index (κ3) is 3.08. The molecule has 0 aliphatic heterocycles. The van der Waals surface area contributed by atoms with Crippen molar-refractivity contribution in [2.45, 2.75) is 5.60 Å². The van der Waals surface area contributed by atoms with Crippen LogP contribution < -0.4 is 0 Å². The lowest BCUT2D eigenvalue weighted by Crippen LogP contribution is -2.30. The summed E-state index contributed by atoms with van der Waals surface area (Å²) in [5.74, 6) is 0. The Balaban J connectivity index is 1.89. The quantitative estimate of drug-likeness (QED) is 0.399.